The molecule has 0 amide bonds. The van der Waals surface area contributed by atoms with Crippen LogP contribution in [0.3, 0.4) is 0 Å². The van der Waals surface area contributed by atoms with E-state index in [4.69, 9.17) is 4.74 Å². The van der Waals surface area contributed by atoms with Crippen LogP contribution in [-0.4, -0.2) is 6.61 Å². The molecule has 0 radical (unpaired) electrons. The van der Waals surface area contributed by atoms with Gasteiger partial charge in [0, 0.05) is 0 Å². The van der Waals surface area contributed by atoms with Crippen molar-refractivity contribution in [3.05, 3.63) is 70.8 Å². The summed E-state index contributed by atoms with van der Waals surface area (Å²) in [6.07, 6.45) is 0.978. The molecule has 0 spiro atoms. The second-order valence-electron chi connectivity index (χ2n) is 4.72. The molecule has 2 aromatic carbocycles. The highest BCUT2D eigenvalue weighted by Gasteiger charge is 1.99. The summed E-state index contributed by atoms with van der Waals surface area (Å²) in [6.45, 7) is 5.74. The zero-order valence-corrected chi connectivity index (χ0v) is 11.1. The van der Waals surface area contributed by atoms with Gasteiger partial charge in [0.05, 0.1) is 13.2 Å². The lowest BCUT2D eigenvalue weighted by molar-refractivity contribution is 0.123. The summed E-state index contributed by atoms with van der Waals surface area (Å²) < 4.78 is 5.74. The fourth-order valence-corrected chi connectivity index (χ4v) is 2.02. The minimum Gasteiger partial charge on any atom is -0.376 e. The highest BCUT2D eigenvalue weighted by molar-refractivity contribution is 5.29. The first-order chi connectivity index (χ1) is 8.75. The smallest absolute Gasteiger partial charge is 0.0719 e. The summed E-state index contributed by atoms with van der Waals surface area (Å²) in [5.41, 5.74) is 5.24. The number of hydrogen-bond acceptors (Lipinski definition) is 1. The molecule has 0 saturated carbocycles. The summed E-state index contributed by atoms with van der Waals surface area (Å²) in [6, 6.07) is 17.0. The van der Waals surface area contributed by atoms with Gasteiger partial charge in [-0.1, -0.05) is 54.1 Å². The molecule has 0 aliphatic heterocycles. The standard InChI is InChI=1S/C17H20O/c1-14-8-9-17(15(2)12-14)13-18-11-10-16-6-4-3-5-7-16/h3-9,12H,10-11,13H2,1-2H3. The molecule has 2 rings (SSSR count). The van der Waals surface area contributed by atoms with E-state index in [0.717, 1.165) is 13.0 Å². The third kappa shape index (κ3) is 3.71. The van der Waals surface area contributed by atoms with Gasteiger partial charge in [-0.05, 0) is 37.0 Å². The molecule has 0 atom stereocenters. The molecule has 0 saturated heterocycles. The van der Waals surface area contributed by atoms with Gasteiger partial charge in [0.25, 0.3) is 0 Å². The molecule has 0 bridgehead atoms. The van der Waals surface area contributed by atoms with Crippen LogP contribution in [-0.2, 0) is 17.8 Å². The van der Waals surface area contributed by atoms with E-state index in [1.165, 1.54) is 22.3 Å². The number of rotatable bonds is 5. The van der Waals surface area contributed by atoms with Gasteiger partial charge in [-0.3, -0.25) is 0 Å². The highest BCUT2D eigenvalue weighted by Crippen LogP contribution is 2.11. The first-order valence-electron chi connectivity index (χ1n) is 6.43. The number of benzene rings is 2. The summed E-state index contributed by atoms with van der Waals surface area (Å²) in [4.78, 5) is 0. The zero-order valence-electron chi connectivity index (χ0n) is 11.1. The van der Waals surface area contributed by atoms with Crippen LogP contribution in [0.5, 0.6) is 0 Å². The molecule has 94 valence electrons. The number of ether oxygens (including phenoxy) is 1. The van der Waals surface area contributed by atoms with Gasteiger partial charge < -0.3 is 4.74 Å². The Balaban J connectivity index is 1.79. The molecule has 0 aliphatic rings. The zero-order chi connectivity index (χ0) is 12.8. The molecule has 18 heavy (non-hydrogen) atoms. The third-order valence-electron chi connectivity index (χ3n) is 3.13. The molecule has 0 aliphatic carbocycles. The summed E-state index contributed by atoms with van der Waals surface area (Å²) in [5, 5.41) is 0. The van der Waals surface area contributed by atoms with Gasteiger partial charge in [0.1, 0.15) is 0 Å². The lowest BCUT2D eigenvalue weighted by Crippen LogP contribution is -2.00. The Morgan fingerprint density at radius 1 is 0.944 bits per heavy atom. The van der Waals surface area contributed by atoms with Gasteiger partial charge in [-0.25, -0.2) is 0 Å². The SMILES string of the molecule is Cc1ccc(COCCc2ccccc2)c(C)c1. The van der Waals surface area contributed by atoms with E-state index < -0.39 is 0 Å². The summed E-state index contributed by atoms with van der Waals surface area (Å²) >= 11 is 0. The van der Waals surface area contributed by atoms with Crippen molar-refractivity contribution < 1.29 is 4.74 Å². The molecule has 0 unspecified atom stereocenters. The third-order valence-corrected chi connectivity index (χ3v) is 3.13. The van der Waals surface area contributed by atoms with Crippen LogP contribution in [0.4, 0.5) is 0 Å². The maximum absolute atomic E-state index is 5.74. The molecule has 0 heterocycles. The van der Waals surface area contributed by atoms with Crippen LogP contribution in [0.1, 0.15) is 22.3 Å². The van der Waals surface area contributed by atoms with Crippen LogP contribution in [0.15, 0.2) is 48.5 Å². The monoisotopic (exact) mass is 240 g/mol. The average Bonchev–Trinajstić information content (AvgIpc) is 2.38. The van der Waals surface area contributed by atoms with Crippen LogP contribution in [0, 0.1) is 13.8 Å². The van der Waals surface area contributed by atoms with E-state index in [9.17, 15) is 0 Å². The van der Waals surface area contributed by atoms with Crippen molar-refractivity contribution >= 4 is 0 Å². The quantitative estimate of drug-likeness (QED) is 0.716. The van der Waals surface area contributed by atoms with Crippen molar-refractivity contribution in [2.75, 3.05) is 6.61 Å². The predicted octanol–water partition coefficient (Wildman–Crippen LogP) is 4.06. The summed E-state index contributed by atoms with van der Waals surface area (Å²) in [5.74, 6) is 0. The fraction of sp³-hybridized carbons (Fsp3) is 0.294. The number of aryl methyl sites for hydroxylation is 2. The Bertz CT molecular complexity index is 488. The van der Waals surface area contributed by atoms with Gasteiger partial charge in [0.2, 0.25) is 0 Å². The van der Waals surface area contributed by atoms with Crippen molar-refractivity contribution in [1.29, 1.82) is 0 Å². The minimum absolute atomic E-state index is 0.707. The van der Waals surface area contributed by atoms with Crippen molar-refractivity contribution in [1.82, 2.24) is 0 Å². The Hall–Kier alpha value is -1.60. The predicted molar refractivity (Wildman–Crippen MR) is 75.7 cm³/mol. The Morgan fingerprint density at radius 3 is 2.44 bits per heavy atom. The number of hydrogen-bond donors (Lipinski definition) is 0. The van der Waals surface area contributed by atoms with E-state index in [-0.39, 0.29) is 0 Å². The molecular weight excluding hydrogens is 220 g/mol. The van der Waals surface area contributed by atoms with Crippen LogP contribution >= 0.6 is 0 Å². The van der Waals surface area contributed by atoms with E-state index in [1.807, 2.05) is 6.07 Å². The Labute approximate surface area is 109 Å². The molecular formula is C17H20O. The van der Waals surface area contributed by atoms with Crippen molar-refractivity contribution in [2.45, 2.75) is 26.9 Å². The van der Waals surface area contributed by atoms with E-state index in [0.29, 0.717) is 6.61 Å². The van der Waals surface area contributed by atoms with Crippen molar-refractivity contribution in [3.63, 3.8) is 0 Å². The van der Waals surface area contributed by atoms with Crippen LogP contribution < -0.4 is 0 Å². The Morgan fingerprint density at radius 2 is 1.72 bits per heavy atom. The van der Waals surface area contributed by atoms with Gasteiger partial charge in [-0.2, -0.15) is 0 Å². The maximum Gasteiger partial charge on any atom is 0.0719 e. The van der Waals surface area contributed by atoms with Crippen molar-refractivity contribution in [3.8, 4) is 0 Å². The van der Waals surface area contributed by atoms with E-state index >= 15 is 0 Å². The average molecular weight is 240 g/mol. The molecule has 1 heteroatoms. The first kappa shape index (κ1) is 12.8. The summed E-state index contributed by atoms with van der Waals surface area (Å²) in [7, 11) is 0. The van der Waals surface area contributed by atoms with Gasteiger partial charge >= 0.3 is 0 Å². The molecule has 0 aromatic heterocycles. The highest BCUT2D eigenvalue weighted by atomic mass is 16.5. The first-order valence-corrected chi connectivity index (χ1v) is 6.43. The normalized spacial score (nSPS) is 10.6. The Kier molecular flexibility index (Phi) is 4.54. The second kappa shape index (κ2) is 6.36. The van der Waals surface area contributed by atoms with E-state index in [2.05, 4.69) is 56.3 Å². The fourth-order valence-electron chi connectivity index (χ4n) is 2.02. The lowest BCUT2D eigenvalue weighted by atomic mass is 10.1. The molecule has 0 fully saturated rings. The molecule has 2 aromatic rings. The molecule has 1 nitrogen and oxygen atoms in total. The van der Waals surface area contributed by atoms with Gasteiger partial charge in [-0.15, -0.1) is 0 Å². The van der Waals surface area contributed by atoms with Crippen LogP contribution in [0.25, 0.3) is 0 Å². The largest absolute Gasteiger partial charge is 0.376 e. The lowest BCUT2D eigenvalue weighted by Gasteiger charge is -2.08. The van der Waals surface area contributed by atoms with Gasteiger partial charge in [0.15, 0.2) is 0 Å². The van der Waals surface area contributed by atoms with Crippen molar-refractivity contribution in [2.24, 2.45) is 0 Å². The molecule has 0 N–H and O–H groups in total. The topological polar surface area (TPSA) is 9.23 Å². The van der Waals surface area contributed by atoms with Crippen LogP contribution in [0.2, 0.25) is 0 Å². The second-order valence-corrected chi connectivity index (χ2v) is 4.72. The maximum atomic E-state index is 5.74. The van der Waals surface area contributed by atoms with E-state index in [1.54, 1.807) is 0 Å². The minimum atomic E-state index is 0.707.